The molecule has 3 rings (SSSR count). The van der Waals surface area contributed by atoms with Crippen molar-refractivity contribution in [2.24, 2.45) is 0 Å². The maximum Gasteiger partial charge on any atom is 0.134 e. The third-order valence-electron chi connectivity index (χ3n) is 4.06. The zero-order chi connectivity index (χ0) is 13.9. The molecule has 0 saturated heterocycles. The van der Waals surface area contributed by atoms with Crippen molar-refractivity contribution in [1.82, 2.24) is 0 Å². The van der Waals surface area contributed by atoms with Gasteiger partial charge >= 0.3 is 0 Å². The lowest BCUT2D eigenvalue weighted by atomic mass is 9.71. The van der Waals surface area contributed by atoms with E-state index in [2.05, 4.69) is 45.7 Å². The van der Waals surface area contributed by atoms with Crippen LogP contribution in [0.3, 0.4) is 0 Å². The number of phenolic OH excluding ortho intramolecular Hbond substituents is 2. The van der Waals surface area contributed by atoms with E-state index in [-0.39, 0.29) is 5.41 Å². The molecule has 0 bridgehead atoms. The second-order valence-electron chi connectivity index (χ2n) is 5.75. The molecular weight excluding hydrogens is 372 g/mol. The predicted octanol–water partition coefficient (Wildman–Crippen LogP) is 5.00. The Morgan fingerprint density at radius 1 is 1.05 bits per heavy atom. The zero-order valence-electron chi connectivity index (χ0n) is 10.7. The molecule has 2 N–H and O–H groups in total. The summed E-state index contributed by atoms with van der Waals surface area (Å²) in [6.45, 7) is 4.27. The number of aryl methyl sites for hydroxylation is 1. The highest BCUT2D eigenvalue weighted by Crippen LogP contribution is 2.51. The Morgan fingerprint density at radius 2 is 1.63 bits per heavy atom. The number of phenols is 2. The number of hydrogen-bond acceptors (Lipinski definition) is 2. The third-order valence-corrected chi connectivity index (χ3v) is 5.27. The molecule has 2 aromatic carbocycles. The molecule has 0 saturated carbocycles. The lowest BCUT2D eigenvalue weighted by Gasteiger charge is -2.34. The van der Waals surface area contributed by atoms with Crippen molar-refractivity contribution < 1.29 is 10.2 Å². The summed E-state index contributed by atoms with van der Waals surface area (Å²) >= 11 is 6.82. The molecule has 100 valence electrons. The second kappa shape index (κ2) is 4.13. The van der Waals surface area contributed by atoms with E-state index in [1.54, 1.807) is 0 Å². The van der Waals surface area contributed by atoms with E-state index in [1.165, 1.54) is 0 Å². The van der Waals surface area contributed by atoms with E-state index in [9.17, 15) is 10.2 Å². The summed E-state index contributed by atoms with van der Waals surface area (Å²) in [7, 11) is 0. The van der Waals surface area contributed by atoms with Gasteiger partial charge in [-0.15, -0.1) is 0 Å². The van der Waals surface area contributed by atoms with E-state index in [0.717, 1.165) is 34.7 Å². The molecular formula is C15H14Br2O2. The van der Waals surface area contributed by atoms with Crippen LogP contribution >= 0.6 is 31.9 Å². The highest BCUT2D eigenvalue weighted by Gasteiger charge is 2.33. The molecule has 0 aliphatic heterocycles. The molecule has 0 spiro atoms. The van der Waals surface area contributed by atoms with Crippen molar-refractivity contribution in [2.45, 2.75) is 32.1 Å². The first-order chi connectivity index (χ1) is 8.83. The zero-order valence-corrected chi connectivity index (χ0v) is 13.9. The first kappa shape index (κ1) is 13.3. The van der Waals surface area contributed by atoms with Crippen molar-refractivity contribution in [3.05, 3.63) is 32.2 Å². The number of hydrogen-bond donors (Lipinski definition) is 2. The van der Waals surface area contributed by atoms with Crippen LogP contribution in [0.15, 0.2) is 21.1 Å². The fourth-order valence-corrected chi connectivity index (χ4v) is 3.96. The number of rotatable bonds is 0. The van der Waals surface area contributed by atoms with Gasteiger partial charge in [-0.25, -0.2) is 0 Å². The van der Waals surface area contributed by atoms with E-state index >= 15 is 0 Å². The van der Waals surface area contributed by atoms with Gasteiger partial charge in [0.15, 0.2) is 0 Å². The summed E-state index contributed by atoms with van der Waals surface area (Å²) in [5, 5.41) is 22.7. The molecule has 0 atom stereocenters. The van der Waals surface area contributed by atoms with E-state index in [4.69, 9.17) is 0 Å². The van der Waals surface area contributed by atoms with Crippen LogP contribution in [0.2, 0.25) is 0 Å². The average molecular weight is 386 g/mol. The van der Waals surface area contributed by atoms with E-state index < -0.39 is 0 Å². The molecule has 19 heavy (non-hydrogen) atoms. The maximum absolute atomic E-state index is 10.4. The highest BCUT2D eigenvalue weighted by molar-refractivity contribution is 9.11. The van der Waals surface area contributed by atoms with Crippen LogP contribution in [-0.4, -0.2) is 10.2 Å². The van der Waals surface area contributed by atoms with Crippen LogP contribution in [0.5, 0.6) is 11.5 Å². The van der Waals surface area contributed by atoms with Crippen LogP contribution in [0, 0.1) is 0 Å². The Balaban J connectivity index is 2.58. The molecule has 0 amide bonds. The molecule has 0 heterocycles. The van der Waals surface area contributed by atoms with Gasteiger partial charge in [0.1, 0.15) is 11.5 Å². The number of aromatic hydroxyl groups is 2. The van der Waals surface area contributed by atoms with Gasteiger partial charge in [-0.3, -0.25) is 0 Å². The Labute approximate surface area is 128 Å². The predicted molar refractivity (Wildman–Crippen MR) is 84.0 cm³/mol. The van der Waals surface area contributed by atoms with Crippen molar-refractivity contribution in [3.8, 4) is 11.5 Å². The van der Waals surface area contributed by atoms with Crippen molar-refractivity contribution in [3.63, 3.8) is 0 Å². The minimum atomic E-state index is -0.0978. The molecule has 1 aliphatic rings. The van der Waals surface area contributed by atoms with Crippen LogP contribution in [-0.2, 0) is 11.8 Å². The van der Waals surface area contributed by atoms with Crippen LogP contribution < -0.4 is 0 Å². The standard InChI is InChI=1S/C15H14Br2O2/c1-15(2)4-3-8-11-7(5-9(16)13(8)18)6-10(17)14(19)12(11)15/h5-6,18-19H,3-4H2,1-2H3. The fraction of sp³-hybridized carbons (Fsp3) is 0.333. The van der Waals surface area contributed by atoms with Gasteiger partial charge in [0, 0.05) is 11.1 Å². The largest absolute Gasteiger partial charge is 0.506 e. The van der Waals surface area contributed by atoms with Gasteiger partial charge in [-0.05, 0) is 73.0 Å². The normalized spacial score (nSPS) is 16.8. The topological polar surface area (TPSA) is 40.5 Å². The molecule has 2 aromatic rings. The van der Waals surface area contributed by atoms with Gasteiger partial charge in [-0.1, -0.05) is 13.8 Å². The minimum Gasteiger partial charge on any atom is -0.506 e. The Bertz CT molecular complexity index is 700. The Hall–Kier alpha value is -0.740. The van der Waals surface area contributed by atoms with Gasteiger partial charge in [-0.2, -0.15) is 0 Å². The summed E-state index contributed by atoms with van der Waals surface area (Å²) in [5.41, 5.74) is 1.77. The quantitative estimate of drug-likeness (QED) is 0.669. The average Bonchev–Trinajstić information content (AvgIpc) is 2.32. The highest BCUT2D eigenvalue weighted by atomic mass is 79.9. The summed E-state index contributed by atoms with van der Waals surface area (Å²) in [4.78, 5) is 0. The molecule has 2 nitrogen and oxygen atoms in total. The molecule has 0 radical (unpaired) electrons. The summed E-state index contributed by atoms with van der Waals surface area (Å²) in [6, 6.07) is 3.81. The minimum absolute atomic E-state index is 0.0978. The molecule has 4 heteroatoms. The first-order valence-corrected chi connectivity index (χ1v) is 7.77. The smallest absolute Gasteiger partial charge is 0.134 e. The van der Waals surface area contributed by atoms with Gasteiger partial charge < -0.3 is 10.2 Å². The second-order valence-corrected chi connectivity index (χ2v) is 7.46. The number of benzene rings is 2. The van der Waals surface area contributed by atoms with E-state index in [1.807, 2.05) is 12.1 Å². The Morgan fingerprint density at radius 3 is 2.26 bits per heavy atom. The van der Waals surface area contributed by atoms with Crippen molar-refractivity contribution in [1.29, 1.82) is 0 Å². The molecule has 1 aliphatic carbocycles. The molecule has 0 unspecified atom stereocenters. The Kier molecular flexibility index (Phi) is 2.88. The lowest BCUT2D eigenvalue weighted by molar-refractivity contribution is 0.409. The van der Waals surface area contributed by atoms with Crippen LogP contribution in [0.25, 0.3) is 10.8 Å². The van der Waals surface area contributed by atoms with Gasteiger partial charge in [0.2, 0.25) is 0 Å². The monoisotopic (exact) mass is 384 g/mol. The molecule has 0 aromatic heterocycles. The van der Waals surface area contributed by atoms with Crippen molar-refractivity contribution >= 4 is 42.6 Å². The van der Waals surface area contributed by atoms with Gasteiger partial charge in [0.25, 0.3) is 0 Å². The van der Waals surface area contributed by atoms with Crippen molar-refractivity contribution in [2.75, 3.05) is 0 Å². The number of halogens is 2. The first-order valence-electron chi connectivity index (χ1n) is 6.19. The SMILES string of the molecule is CC1(C)CCc2c(O)c(Br)cc3cc(Br)c(O)c1c23. The lowest BCUT2D eigenvalue weighted by Crippen LogP contribution is -2.23. The van der Waals surface area contributed by atoms with Crippen LogP contribution in [0.4, 0.5) is 0 Å². The van der Waals surface area contributed by atoms with Crippen LogP contribution in [0.1, 0.15) is 31.4 Å². The molecule has 0 fully saturated rings. The van der Waals surface area contributed by atoms with Gasteiger partial charge in [0.05, 0.1) is 8.95 Å². The third kappa shape index (κ3) is 1.80. The maximum atomic E-state index is 10.4. The summed E-state index contributed by atoms with van der Waals surface area (Å²) in [6.07, 6.45) is 1.73. The van der Waals surface area contributed by atoms with E-state index in [0.29, 0.717) is 20.4 Å². The fourth-order valence-electron chi connectivity index (χ4n) is 3.03. The summed E-state index contributed by atoms with van der Waals surface area (Å²) < 4.78 is 1.41. The summed E-state index contributed by atoms with van der Waals surface area (Å²) in [5.74, 6) is 0.589.